The van der Waals surface area contributed by atoms with Gasteiger partial charge in [-0.05, 0) is 67.5 Å². The van der Waals surface area contributed by atoms with Gasteiger partial charge in [-0.1, -0.05) is 18.5 Å². The number of carbonyl (C=O) groups excluding carboxylic acids is 1. The second kappa shape index (κ2) is 11.3. The number of aromatic nitrogens is 1. The molecule has 0 radical (unpaired) electrons. The molecule has 1 fully saturated rings. The first-order chi connectivity index (χ1) is 15.4. The van der Waals surface area contributed by atoms with Crippen LogP contribution >= 0.6 is 23.5 Å². The molecule has 2 heterocycles. The number of amidine groups is 1. The van der Waals surface area contributed by atoms with Crippen molar-refractivity contribution in [2.45, 2.75) is 43.7 Å². The van der Waals surface area contributed by atoms with Crippen molar-refractivity contribution in [1.29, 1.82) is 5.26 Å². The number of nitrogens with zero attached hydrogens (tertiary/aromatic N) is 4. The Hall–Kier alpha value is -2.67. The fourth-order valence-corrected chi connectivity index (χ4v) is 4.69. The van der Waals surface area contributed by atoms with Gasteiger partial charge in [0, 0.05) is 36.3 Å². The second-order valence-corrected chi connectivity index (χ2v) is 9.21. The maximum absolute atomic E-state index is 13.3. The molecule has 32 heavy (non-hydrogen) atoms. The van der Waals surface area contributed by atoms with Crippen LogP contribution in [0, 0.1) is 17.2 Å². The highest BCUT2D eigenvalue weighted by molar-refractivity contribution is 7.97. The van der Waals surface area contributed by atoms with Crippen molar-refractivity contribution in [3.63, 3.8) is 0 Å². The summed E-state index contributed by atoms with van der Waals surface area (Å²) in [5.41, 5.74) is 6.96. The number of nitriles is 1. The molecule has 1 unspecified atom stereocenters. The Morgan fingerprint density at radius 1 is 1.41 bits per heavy atom. The van der Waals surface area contributed by atoms with E-state index in [9.17, 15) is 10.1 Å². The number of hydrogen-bond donors (Lipinski definition) is 3. The maximum Gasteiger partial charge on any atom is 0.240 e. The van der Waals surface area contributed by atoms with Crippen molar-refractivity contribution in [3.05, 3.63) is 52.8 Å². The number of likely N-dealkylation sites (tertiary alicyclic amines) is 1. The lowest BCUT2D eigenvalue weighted by Crippen LogP contribution is -2.47. The number of halogens is 1. The Morgan fingerprint density at radius 2 is 2.16 bits per heavy atom. The molecule has 10 heteroatoms. The third-order valence-corrected chi connectivity index (χ3v) is 7.08. The number of nitrogens with one attached hydrogen (secondary N) is 1. The van der Waals surface area contributed by atoms with Gasteiger partial charge in [-0.3, -0.25) is 4.79 Å². The molecule has 1 atom stereocenters. The quantitative estimate of drug-likeness (QED) is 0.178. The molecular weight excluding hydrogens is 446 g/mol. The van der Waals surface area contributed by atoms with Gasteiger partial charge in [0.1, 0.15) is 17.6 Å². The van der Waals surface area contributed by atoms with Crippen LogP contribution in [0.15, 0.2) is 46.5 Å². The van der Waals surface area contributed by atoms with E-state index >= 15 is 0 Å². The molecule has 1 aliphatic heterocycles. The minimum Gasteiger partial charge on any atom is -0.382 e. The number of carbonyl (C=O) groups is 1. The average Bonchev–Trinajstić information content (AvgIpc) is 3.27. The summed E-state index contributed by atoms with van der Waals surface area (Å²) in [6.07, 6.45) is 4.43. The lowest BCUT2D eigenvalue weighted by Gasteiger charge is -2.33. The molecule has 1 aromatic carbocycles. The van der Waals surface area contributed by atoms with E-state index in [-0.39, 0.29) is 11.7 Å². The average molecular weight is 474 g/mol. The lowest BCUT2D eigenvalue weighted by atomic mass is 9.98. The number of hydrazone groups is 1. The summed E-state index contributed by atoms with van der Waals surface area (Å²) in [6, 6.07) is 10.6. The van der Waals surface area contributed by atoms with E-state index < -0.39 is 6.04 Å². The maximum atomic E-state index is 13.3. The van der Waals surface area contributed by atoms with Crippen molar-refractivity contribution in [3.8, 4) is 6.07 Å². The third-order valence-electron chi connectivity index (χ3n) is 5.67. The molecule has 0 bridgehead atoms. The summed E-state index contributed by atoms with van der Waals surface area (Å²) >= 11 is 7.72. The molecule has 1 saturated heterocycles. The molecule has 170 valence electrons. The van der Waals surface area contributed by atoms with E-state index in [0.29, 0.717) is 35.2 Å². The zero-order valence-corrected chi connectivity index (χ0v) is 19.6. The number of hydrogen-bond acceptors (Lipinski definition) is 6. The van der Waals surface area contributed by atoms with Crippen LogP contribution in [0.25, 0.3) is 0 Å². The van der Waals surface area contributed by atoms with Crippen LogP contribution in [0.1, 0.15) is 37.4 Å². The van der Waals surface area contributed by atoms with Gasteiger partial charge < -0.3 is 21.0 Å². The number of amides is 1. The molecule has 5 N–H and O–H groups in total. The summed E-state index contributed by atoms with van der Waals surface area (Å²) < 4.78 is 5.17. The Morgan fingerprint density at radius 3 is 2.81 bits per heavy atom. The number of aryl methyl sites for hydroxylation is 1. The highest BCUT2D eigenvalue weighted by atomic mass is 35.5. The minimum absolute atomic E-state index is 0.0716. The van der Waals surface area contributed by atoms with Crippen LogP contribution in [0.4, 0.5) is 0 Å². The first-order valence-corrected chi connectivity index (χ1v) is 11.7. The SMILES string of the molecule is CC1CCN(C(=O)C(CCn2cccc2C#N)NSc2ccc(/C(N)=N/N)cc2Cl)CC1. The smallest absolute Gasteiger partial charge is 0.240 e. The van der Waals surface area contributed by atoms with Crippen LogP contribution in [0.2, 0.25) is 5.02 Å². The topological polar surface area (TPSA) is 125 Å². The highest BCUT2D eigenvalue weighted by Gasteiger charge is 2.27. The van der Waals surface area contributed by atoms with Gasteiger partial charge >= 0.3 is 0 Å². The predicted molar refractivity (Wildman–Crippen MR) is 128 cm³/mol. The van der Waals surface area contributed by atoms with Gasteiger partial charge in [0.15, 0.2) is 0 Å². The molecule has 1 aliphatic rings. The minimum atomic E-state index is -0.422. The third kappa shape index (κ3) is 5.97. The number of benzene rings is 1. The van der Waals surface area contributed by atoms with E-state index in [1.54, 1.807) is 18.2 Å². The van der Waals surface area contributed by atoms with E-state index in [1.807, 2.05) is 27.8 Å². The van der Waals surface area contributed by atoms with Crippen molar-refractivity contribution in [1.82, 2.24) is 14.2 Å². The van der Waals surface area contributed by atoms with E-state index in [1.165, 1.54) is 11.9 Å². The van der Waals surface area contributed by atoms with Crippen LogP contribution in [-0.2, 0) is 11.3 Å². The standard InChI is InChI=1S/C22H28ClN7OS/c1-15-6-10-30(11-7-15)22(31)19(8-12-29-9-2-3-17(29)14-24)28-32-20-5-4-16(13-18(20)23)21(25)27-26/h2-5,9,13,15,19,28H,6-8,10-12,26H2,1H3,(H2,25,27). The van der Waals surface area contributed by atoms with E-state index in [4.69, 9.17) is 23.2 Å². The predicted octanol–water partition coefficient (Wildman–Crippen LogP) is 2.91. The van der Waals surface area contributed by atoms with Crippen LogP contribution in [-0.4, -0.2) is 40.3 Å². The van der Waals surface area contributed by atoms with Crippen LogP contribution in [0.5, 0.6) is 0 Å². The first-order valence-electron chi connectivity index (χ1n) is 10.5. The summed E-state index contributed by atoms with van der Waals surface area (Å²) in [6.45, 7) is 4.31. The van der Waals surface area contributed by atoms with Gasteiger partial charge in [0.2, 0.25) is 5.91 Å². The van der Waals surface area contributed by atoms with Gasteiger partial charge in [-0.25, -0.2) is 4.72 Å². The zero-order chi connectivity index (χ0) is 23.1. The van der Waals surface area contributed by atoms with Crippen molar-refractivity contribution in [2.24, 2.45) is 22.6 Å². The molecule has 2 aromatic rings. The summed E-state index contributed by atoms with van der Waals surface area (Å²) in [5, 5.41) is 13.2. The molecule has 3 rings (SSSR count). The molecule has 0 spiro atoms. The summed E-state index contributed by atoms with van der Waals surface area (Å²) in [4.78, 5) is 16.0. The largest absolute Gasteiger partial charge is 0.382 e. The molecular formula is C22H28ClN7OS. The lowest BCUT2D eigenvalue weighted by molar-refractivity contribution is -0.134. The number of rotatable bonds is 8. The molecule has 0 saturated carbocycles. The second-order valence-electron chi connectivity index (χ2n) is 7.93. The fraction of sp³-hybridized carbons (Fsp3) is 0.409. The molecule has 1 amide bonds. The van der Waals surface area contributed by atoms with Gasteiger partial charge in [-0.15, -0.1) is 0 Å². The van der Waals surface area contributed by atoms with E-state index in [2.05, 4.69) is 22.8 Å². The monoisotopic (exact) mass is 473 g/mol. The van der Waals surface area contributed by atoms with Gasteiger partial charge in [0.25, 0.3) is 0 Å². The highest BCUT2D eigenvalue weighted by Crippen LogP contribution is 2.27. The zero-order valence-electron chi connectivity index (χ0n) is 18.0. The Kier molecular flexibility index (Phi) is 8.45. The number of piperidine rings is 1. The van der Waals surface area contributed by atoms with Gasteiger partial charge in [-0.2, -0.15) is 10.4 Å². The van der Waals surface area contributed by atoms with Crippen molar-refractivity contribution < 1.29 is 4.79 Å². The van der Waals surface area contributed by atoms with Crippen LogP contribution < -0.4 is 16.3 Å². The van der Waals surface area contributed by atoms with Crippen LogP contribution in [0.3, 0.4) is 0 Å². The Labute approximate surface area is 197 Å². The van der Waals surface area contributed by atoms with E-state index in [0.717, 1.165) is 30.8 Å². The normalized spacial score (nSPS) is 16.0. The van der Waals surface area contributed by atoms with Gasteiger partial charge in [0.05, 0.1) is 11.1 Å². The number of nitrogens with two attached hydrogens (primary N) is 2. The Bertz CT molecular complexity index is 1010. The van der Waals surface area contributed by atoms with Crippen molar-refractivity contribution >= 4 is 35.3 Å². The molecule has 0 aliphatic carbocycles. The molecule has 8 nitrogen and oxygen atoms in total. The Balaban J connectivity index is 1.71. The summed E-state index contributed by atoms with van der Waals surface area (Å²) in [7, 11) is 0. The first kappa shape index (κ1) is 24.0. The van der Waals surface area contributed by atoms with Crippen molar-refractivity contribution in [2.75, 3.05) is 13.1 Å². The summed E-state index contributed by atoms with van der Waals surface area (Å²) in [5.74, 6) is 6.14. The fourth-order valence-electron chi connectivity index (χ4n) is 3.61. The molecule has 1 aromatic heterocycles.